The number of para-hydroxylation sites is 1. The second-order valence-electron chi connectivity index (χ2n) is 8.68. The molecule has 172 valence electrons. The minimum atomic E-state index is -3.40. The van der Waals surface area contributed by atoms with E-state index in [-0.39, 0.29) is 10.1 Å². The Morgan fingerprint density at radius 3 is 2.13 bits per heavy atom. The van der Waals surface area contributed by atoms with Gasteiger partial charge in [-0.3, -0.25) is 0 Å². The Morgan fingerprint density at radius 1 is 1.00 bits per heavy atom. The van der Waals surface area contributed by atoms with Gasteiger partial charge in [0.1, 0.15) is 0 Å². The van der Waals surface area contributed by atoms with Gasteiger partial charge in [-0.2, -0.15) is 0 Å². The molecule has 0 aliphatic rings. The van der Waals surface area contributed by atoms with Crippen LogP contribution in [0.5, 0.6) is 0 Å². The first-order valence-corrected chi connectivity index (χ1v) is 22.0. The number of aromatic nitrogens is 1. The number of hydrogen-bond acceptors (Lipinski definition) is 4. The van der Waals surface area contributed by atoms with Crippen molar-refractivity contribution in [3.63, 3.8) is 0 Å². The zero-order valence-electron chi connectivity index (χ0n) is 19.7. The number of benzene rings is 1. The van der Waals surface area contributed by atoms with Crippen LogP contribution in [0.2, 0.25) is 13.3 Å². The van der Waals surface area contributed by atoms with Crippen LogP contribution in [0.3, 0.4) is 0 Å². The molecule has 0 saturated carbocycles. The number of thiazole rings is 1. The molecule has 0 bridgehead atoms. The van der Waals surface area contributed by atoms with E-state index in [1.165, 1.54) is 63.2 Å². The molecule has 1 heterocycles. The summed E-state index contributed by atoms with van der Waals surface area (Å²) >= 11 is -1.07. The summed E-state index contributed by atoms with van der Waals surface area (Å²) in [5, 5.41) is 0. The van der Waals surface area contributed by atoms with Crippen LogP contribution in [0.1, 0.15) is 66.2 Å². The molecule has 0 saturated heterocycles. The molecule has 0 N–H and O–H groups in total. The van der Waals surface area contributed by atoms with Crippen molar-refractivity contribution in [1.29, 1.82) is 0 Å². The van der Waals surface area contributed by atoms with Crippen LogP contribution in [0.4, 0.5) is 0 Å². The number of fused-ring (bicyclic) bond motifs is 1. The number of rotatable bonds is 14. The van der Waals surface area contributed by atoms with Gasteiger partial charge in [-0.15, -0.1) is 0 Å². The fourth-order valence-electron chi connectivity index (χ4n) is 3.88. The van der Waals surface area contributed by atoms with Crippen molar-refractivity contribution >= 4 is 49.8 Å². The maximum absolute atomic E-state index is 12.8. The van der Waals surface area contributed by atoms with Crippen LogP contribution in [0, 0.1) is 0 Å². The molecule has 2 rings (SSSR count). The standard InChI is InChI=1S/C13H12NO2S2.3C4H9.Sn/c1-3-10(2)8-9-18(15,16)13-14-11-6-4-5-7-12(11)17-13;3*1-3-4-2;/h1,3-8H,9H2,2H3;3*1,3-4H2,2H3;. The van der Waals surface area contributed by atoms with Gasteiger partial charge in [0.05, 0.1) is 0 Å². The van der Waals surface area contributed by atoms with Gasteiger partial charge in [0.2, 0.25) is 0 Å². The van der Waals surface area contributed by atoms with Crippen LogP contribution in [-0.4, -0.2) is 37.5 Å². The number of nitrogens with zero attached hydrogens (tertiary/aromatic N) is 1. The number of unbranched alkanes of at least 4 members (excludes halogenated alkanes) is 3. The van der Waals surface area contributed by atoms with Crippen molar-refractivity contribution in [2.45, 2.75) is 83.9 Å². The third kappa shape index (κ3) is 8.32. The molecule has 0 unspecified atom stereocenters. The van der Waals surface area contributed by atoms with E-state index in [2.05, 4.69) is 35.9 Å². The predicted octanol–water partition coefficient (Wildman–Crippen LogP) is 7.96. The molecule has 0 aliphatic heterocycles. The van der Waals surface area contributed by atoms with Crippen LogP contribution in [0.25, 0.3) is 10.2 Å². The van der Waals surface area contributed by atoms with E-state index >= 15 is 0 Å². The van der Waals surface area contributed by atoms with Crippen LogP contribution in [0.15, 0.2) is 50.4 Å². The Bertz CT molecular complexity index is 922. The Balaban J connectivity index is 2.16. The van der Waals surface area contributed by atoms with Gasteiger partial charge >= 0.3 is 199 Å². The van der Waals surface area contributed by atoms with Crippen molar-refractivity contribution in [3.8, 4) is 0 Å². The van der Waals surface area contributed by atoms with Gasteiger partial charge < -0.3 is 0 Å². The first kappa shape index (κ1) is 26.6. The molecule has 0 aliphatic carbocycles. The van der Waals surface area contributed by atoms with Crippen LogP contribution >= 0.6 is 11.3 Å². The fourth-order valence-corrected chi connectivity index (χ4v) is 20.8. The van der Waals surface area contributed by atoms with E-state index in [0.29, 0.717) is 0 Å². The minimum absolute atomic E-state index is 0.0182. The van der Waals surface area contributed by atoms with E-state index in [1.54, 1.807) is 0 Å². The third-order valence-electron chi connectivity index (χ3n) is 5.95. The summed E-state index contributed by atoms with van der Waals surface area (Å²) in [6.45, 7) is 8.91. The van der Waals surface area contributed by atoms with Crippen molar-refractivity contribution in [2.75, 3.05) is 5.75 Å². The van der Waals surface area contributed by atoms with Crippen molar-refractivity contribution in [1.82, 2.24) is 4.98 Å². The van der Waals surface area contributed by atoms with Gasteiger partial charge in [-0.05, 0) is 0 Å². The number of sulfone groups is 1. The summed E-state index contributed by atoms with van der Waals surface area (Å²) in [4.78, 5) is 4.34. The number of allylic oxidation sites excluding steroid dienone is 2. The summed E-state index contributed by atoms with van der Waals surface area (Å²) in [5.41, 5.74) is 1.82. The van der Waals surface area contributed by atoms with Crippen molar-refractivity contribution in [3.05, 3.63) is 46.1 Å². The molecule has 1 aromatic heterocycles. The van der Waals surface area contributed by atoms with E-state index in [0.717, 1.165) is 15.8 Å². The molecule has 0 radical (unpaired) electrons. The van der Waals surface area contributed by atoms with Gasteiger partial charge in [-0.1, -0.05) is 0 Å². The quantitative estimate of drug-likeness (QED) is 0.172. The topological polar surface area (TPSA) is 47.0 Å². The molecule has 31 heavy (non-hydrogen) atoms. The molecule has 0 amide bonds. The molecule has 1 aromatic carbocycles. The van der Waals surface area contributed by atoms with Gasteiger partial charge in [-0.25, -0.2) is 0 Å². The normalized spacial score (nSPS) is 13.5. The summed E-state index contributed by atoms with van der Waals surface area (Å²) in [6.07, 6.45) is 11.9. The van der Waals surface area contributed by atoms with E-state index in [1.807, 2.05) is 37.3 Å². The van der Waals surface area contributed by atoms with Gasteiger partial charge in [0.25, 0.3) is 0 Å². The molecule has 2 aromatic rings. The van der Waals surface area contributed by atoms with Gasteiger partial charge in [0.15, 0.2) is 0 Å². The Labute approximate surface area is 197 Å². The fraction of sp³-hybridized carbons (Fsp3) is 0.560. The van der Waals surface area contributed by atoms with E-state index < -0.39 is 28.2 Å². The zero-order chi connectivity index (χ0) is 22.7. The average molecular weight is 568 g/mol. The molecule has 0 atom stereocenters. The second-order valence-corrected chi connectivity index (χ2v) is 24.9. The van der Waals surface area contributed by atoms with Crippen LogP contribution in [-0.2, 0) is 9.84 Å². The van der Waals surface area contributed by atoms with E-state index in [9.17, 15) is 8.42 Å². The van der Waals surface area contributed by atoms with Crippen LogP contribution < -0.4 is 0 Å². The molecular formula is C25H39NO2S2Sn. The first-order valence-electron chi connectivity index (χ1n) is 11.8. The third-order valence-corrected chi connectivity index (χ3v) is 23.1. The average Bonchev–Trinajstić information content (AvgIpc) is 3.22. The second kappa shape index (κ2) is 13.1. The van der Waals surface area contributed by atoms with Crippen molar-refractivity contribution in [2.24, 2.45) is 0 Å². The van der Waals surface area contributed by atoms with E-state index in [4.69, 9.17) is 0 Å². The first-order chi connectivity index (χ1) is 14.9. The van der Waals surface area contributed by atoms with Gasteiger partial charge in [0, 0.05) is 0 Å². The summed E-state index contributed by atoms with van der Waals surface area (Å²) in [6, 6.07) is 7.59. The summed E-state index contributed by atoms with van der Waals surface area (Å²) in [5.74, 6) is 0.0182. The molecule has 3 nitrogen and oxygen atoms in total. The molecule has 0 fully saturated rings. The predicted molar refractivity (Wildman–Crippen MR) is 139 cm³/mol. The monoisotopic (exact) mass is 569 g/mol. The Kier molecular flexibility index (Phi) is 11.3. The summed E-state index contributed by atoms with van der Waals surface area (Å²) < 4.78 is 33.7. The summed E-state index contributed by atoms with van der Waals surface area (Å²) in [7, 11) is -3.40. The number of hydrogen-bond donors (Lipinski definition) is 0. The molecular weight excluding hydrogens is 529 g/mol. The Morgan fingerprint density at radius 2 is 1.58 bits per heavy atom. The SMILES string of the molecule is CCC[CH2][Sn]([CH]=CC(C)=CCS(=O)(=O)c1nc2ccccc2s1)([CH2]CCC)[CH2]CCC. The molecule has 6 heteroatoms. The Hall–Kier alpha value is -0.661. The maximum atomic E-state index is 12.8. The molecule has 0 spiro atoms. The zero-order valence-corrected chi connectivity index (χ0v) is 24.2. The van der Waals surface area contributed by atoms with Crippen molar-refractivity contribution < 1.29 is 8.42 Å².